The number of carbonyl (C=O) groups excluding carboxylic acids is 1. The van der Waals surface area contributed by atoms with E-state index >= 15 is 0 Å². The van der Waals surface area contributed by atoms with Crippen molar-refractivity contribution in [1.29, 1.82) is 5.26 Å². The van der Waals surface area contributed by atoms with Crippen LogP contribution in [0.15, 0.2) is 22.7 Å². The fourth-order valence-electron chi connectivity index (χ4n) is 1.54. The minimum Gasteiger partial charge on any atom is -0.444 e. The van der Waals surface area contributed by atoms with Crippen molar-refractivity contribution in [3.63, 3.8) is 0 Å². The van der Waals surface area contributed by atoms with Crippen LogP contribution in [0.5, 0.6) is 0 Å². The summed E-state index contributed by atoms with van der Waals surface area (Å²) in [7, 11) is 0. The van der Waals surface area contributed by atoms with E-state index in [0.717, 1.165) is 4.47 Å². The number of anilines is 1. The molecule has 0 aliphatic heterocycles. The fourth-order valence-corrected chi connectivity index (χ4v) is 1.90. The number of benzene rings is 1. The molecule has 0 radical (unpaired) electrons. The number of nitrogens with zero attached hydrogens (tertiary/aromatic N) is 1. The molecule has 5 nitrogen and oxygen atoms in total. The van der Waals surface area contributed by atoms with Gasteiger partial charge in [0.25, 0.3) is 0 Å². The van der Waals surface area contributed by atoms with E-state index < -0.39 is 17.8 Å². The molecule has 0 aliphatic carbocycles. The summed E-state index contributed by atoms with van der Waals surface area (Å²) in [6.07, 6.45) is -1.62. The number of nitriles is 1. The molecule has 20 heavy (non-hydrogen) atoms. The number of amides is 1. The average Bonchev–Trinajstić information content (AvgIpc) is 2.26. The third kappa shape index (κ3) is 5.19. The molecule has 0 aromatic heterocycles. The Labute approximate surface area is 126 Å². The highest BCUT2D eigenvalue weighted by Gasteiger charge is 2.19. The van der Waals surface area contributed by atoms with Crippen LogP contribution < -0.4 is 5.32 Å². The van der Waals surface area contributed by atoms with Crippen LogP contribution in [-0.2, 0) is 4.74 Å². The Hall–Kier alpha value is -1.58. The van der Waals surface area contributed by atoms with Gasteiger partial charge in [0.2, 0.25) is 0 Å². The van der Waals surface area contributed by atoms with Gasteiger partial charge >= 0.3 is 6.09 Å². The van der Waals surface area contributed by atoms with E-state index in [9.17, 15) is 9.90 Å². The van der Waals surface area contributed by atoms with Crippen molar-refractivity contribution in [3.05, 3.63) is 28.2 Å². The van der Waals surface area contributed by atoms with Crippen molar-refractivity contribution in [1.82, 2.24) is 0 Å². The number of ether oxygens (including phenoxy) is 1. The molecule has 0 bridgehead atoms. The van der Waals surface area contributed by atoms with E-state index in [1.807, 2.05) is 6.07 Å². The highest BCUT2D eigenvalue weighted by molar-refractivity contribution is 9.10. The molecule has 0 fully saturated rings. The Bertz CT molecular complexity index is 532. The van der Waals surface area contributed by atoms with Gasteiger partial charge in [0.05, 0.1) is 24.3 Å². The Morgan fingerprint density at radius 2 is 2.20 bits per heavy atom. The lowest BCUT2D eigenvalue weighted by Crippen LogP contribution is -2.27. The molecule has 1 unspecified atom stereocenters. The number of halogens is 1. The second kappa shape index (κ2) is 6.73. The third-order valence-electron chi connectivity index (χ3n) is 2.29. The van der Waals surface area contributed by atoms with Crippen molar-refractivity contribution in [2.24, 2.45) is 0 Å². The Balaban J connectivity index is 2.96. The molecular formula is C14H17BrN2O3. The van der Waals surface area contributed by atoms with Crippen LogP contribution in [-0.4, -0.2) is 16.8 Å². The topological polar surface area (TPSA) is 82.3 Å². The van der Waals surface area contributed by atoms with Crippen LogP contribution in [0.4, 0.5) is 10.5 Å². The Morgan fingerprint density at radius 3 is 2.75 bits per heavy atom. The molecular weight excluding hydrogens is 324 g/mol. The third-order valence-corrected chi connectivity index (χ3v) is 2.79. The summed E-state index contributed by atoms with van der Waals surface area (Å²) in [5, 5.41) is 21.1. The molecule has 1 aromatic carbocycles. The summed E-state index contributed by atoms with van der Waals surface area (Å²) in [5.41, 5.74) is 0.277. The fraction of sp³-hybridized carbons (Fsp3) is 0.429. The van der Waals surface area contributed by atoms with E-state index in [4.69, 9.17) is 10.00 Å². The van der Waals surface area contributed by atoms with Crippen molar-refractivity contribution in [2.45, 2.75) is 38.9 Å². The molecule has 1 aromatic rings. The van der Waals surface area contributed by atoms with Gasteiger partial charge in [-0.3, -0.25) is 5.32 Å². The van der Waals surface area contributed by atoms with Crippen molar-refractivity contribution >= 4 is 27.7 Å². The van der Waals surface area contributed by atoms with Gasteiger partial charge in [-0.15, -0.1) is 0 Å². The van der Waals surface area contributed by atoms with Gasteiger partial charge in [-0.25, -0.2) is 4.79 Å². The van der Waals surface area contributed by atoms with E-state index in [-0.39, 0.29) is 6.42 Å². The summed E-state index contributed by atoms with van der Waals surface area (Å²) < 4.78 is 5.91. The first-order valence-electron chi connectivity index (χ1n) is 6.07. The van der Waals surface area contributed by atoms with Crippen molar-refractivity contribution in [3.8, 4) is 6.07 Å². The first-order valence-corrected chi connectivity index (χ1v) is 6.86. The normalized spacial score (nSPS) is 12.4. The number of carbonyl (C=O) groups is 1. The number of hydrogen-bond donors (Lipinski definition) is 2. The van der Waals surface area contributed by atoms with Gasteiger partial charge in [-0.1, -0.05) is 22.0 Å². The monoisotopic (exact) mass is 340 g/mol. The zero-order chi connectivity index (χ0) is 15.3. The number of hydrogen-bond acceptors (Lipinski definition) is 4. The smallest absolute Gasteiger partial charge is 0.412 e. The molecule has 0 saturated heterocycles. The lowest BCUT2D eigenvalue weighted by molar-refractivity contribution is 0.0635. The molecule has 1 atom stereocenters. The van der Waals surface area contributed by atoms with Gasteiger partial charge in [0.15, 0.2) is 0 Å². The predicted octanol–water partition coefficient (Wildman–Crippen LogP) is 3.74. The van der Waals surface area contributed by atoms with Crippen LogP contribution in [0.1, 0.15) is 38.9 Å². The largest absolute Gasteiger partial charge is 0.444 e. The molecule has 2 N–H and O–H groups in total. The first kappa shape index (κ1) is 16.5. The van der Waals surface area contributed by atoms with Crippen LogP contribution in [0.3, 0.4) is 0 Å². The molecule has 0 heterocycles. The maximum absolute atomic E-state index is 11.8. The summed E-state index contributed by atoms with van der Waals surface area (Å²) in [5.74, 6) is 0. The van der Waals surface area contributed by atoms with Crippen LogP contribution in [0.2, 0.25) is 0 Å². The zero-order valence-electron chi connectivity index (χ0n) is 11.6. The zero-order valence-corrected chi connectivity index (χ0v) is 13.2. The lowest BCUT2D eigenvalue weighted by Gasteiger charge is -2.21. The van der Waals surface area contributed by atoms with Gasteiger partial charge < -0.3 is 9.84 Å². The van der Waals surface area contributed by atoms with Crippen LogP contribution in [0, 0.1) is 11.3 Å². The quantitative estimate of drug-likeness (QED) is 0.877. The molecule has 0 aliphatic rings. The molecule has 0 spiro atoms. The minimum absolute atomic E-state index is 0.0510. The molecule has 6 heteroatoms. The first-order chi connectivity index (χ1) is 9.23. The second-order valence-corrected chi connectivity index (χ2v) is 6.15. The van der Waals surface area contributed by atoms with E-state index in [0.29, 0.717) is 11.3 Å². The molecule has 0 saturated carbocycles. The van der Waals surface area contributed by atoms with Gasteiger partial charge in [0.1, 0.15) is 5.60 Å². The minimum atomic E-state index is -0.960. The summed E-state index contributed by atoms with van der Waals surface area (Å²) in [6.45, 7) is 5.29. The van der Waals surface area contributed by atoms with E-state index in [1.165, 1.54) is 0 Å². The van der Waals surface area contributed by atoms with Gasteiger partial charge in [0, 0.05) is 10.0 Å². The predicted molar refractivity (Wildman–Crippen MR) is 79.2 cm³/mol. The highest BCUT2D eigenvalue weighted by atomic mass is 79.9. The lowest BCUT2D eigenvalue weighted by atomic mass is 10.1. The number of nitrogens with one attached hydrogen (secondary N) is 1. The standard InChI is InChI=1S/C14H17BrN2O3/c1-14(2,3)20-13(19)17-11-8-9(15)4-5-10(11)12(18)6-7-16/h4-5,8,12,18H,6H2,1-3H3,(H,17,19). The van der Waals surface area contributed by atoms with E-state index in [2.05, 4.69) is 21.2 Å². The number of aliphatic hydroxyl groups is 1. The molecule has 1 rings (SSSR count). The summed E-state index contributed by atoms with van der Waals surface area (Å²) >= 11 is 3.30. The number of rotatable bonds is 3. The SMILES string of the molecule is CC(C)(C)OC(=O)Nc1cc(Br)ccc1C(O)CC#N. The highest BCUT2D eigenvalue weighted by Crippen LogP contribution is 2.28. The molecule has 1 amide bonds. The maximum atomic E-state index is 11.8. The maximum Gasteiger partial charge on any atom is 0.412 e. The average molecular weight is 341 g/mol. The van der Waals surface area contributed by atoms with E-state index in [1.54, 1.807) is 39.0 Å². The van der Waals surface area contributed by atoms with Crippen molar-refractivity contribution in [2.75, 3.05) is 5.32 Å². The second-order valence-electron chi connectivity index (χ2n) is 5.24. The van der Waals surface area contributed by atoms with Gasteiger partial charge in [-0.05, 0) is 32.9 Å². The molecule has 108 valence electrons. The van der Waals surface area contributed by atoms with Crippen LogP contribution in [0.25, 0.3) is 0 Å². The van der Waals surface area contributed by atoms with Gasteiger partial charge in [-0.2, -0.15) is 5.26 Å². The Kier molecular flexibility index (Phi) is 5.54. The summed E-state index contributed by atoms with van der Waals surface area (Å²) in [4.78, 5) is 11.8. The van der Waals surface area contributed by atoms with Crippen LogP contribution >= 0.6 is 15.9 Å². The summed E-state index contributed by atoms with van der Waals surface area (Å²) in [6, 6.07) is 6.93. The Morgan fingerprint density at radius 1 is 1.55 bits per heavy atom. The van der Waals surface area contributed by atoms with Crippen molar-refractivity contribution < 1.29 is 14.6 Å². The number of aliphatic hydroxyl groups excluding tert-OH is 1.